The first-order valence-corrected chi connectivity index (χ1v) is 16.9. The van der Waals surface area contributed by atoms with Gasteiger partial charge in [0.05, 0.1) is 20.1 Å². The summed E-state index contributed by atoms with van der Waals surface area (Å²) in [5.74, 6) is -0.171. The van der Waals surface area contributed by atoms with Crippen LogP contribution in [0.3, 0.4) is 0 Å². The molecule has 3 nitrogen and oxygen atoms in total. The Balaban J connectivity index is 2.44. The Kier molecular flexibility index (Phi) is 7.40. The quantitative estimate of drug-likeness (QED) is 0.292. The van der Waals surface area contributed by atoms with E-state index < -0.39 is 16.4 Å². The van der Waals surface area contributed by atoms with E-state index in [9.17, 15) is 4.79 Å². The monoisotopic (exact) mass is 432 g/mol. The minimum atomic E-state index is -2.01. The molecule has 1 fully saturated rings. The summed E-state index contributed by atoms with van der Waals surface area (Å²) in [6, 6.07) is 10.7. The molecule has 1 aliphatic heterocycles. The molecular weight excluding hydrogens is 392 g/mol. The lowest BCUT2D eigenvalue weighted by Crippen LogP contribution is -2.54. The van der Waals surface area contributed by atoms with Gasteiger partial charge in [-0.1, -0.05) is 82.4 Å². The van der Waals surface area contributed by atoms with Crippen LogP contribution in [0.25, 0.3) is 0 Å². The third-order valence-corrected chi connectivity index (χ3v) is 16.0. The Morgan fingerprint density at radius 1 is 1.17 bits per heavy atom. The van der Waals surface area contributed by atoms with E-state index in [1.807, 2.05) is 13.0 Å². The fourth-order valence-corrected chi connectivity index (χ4v) is 9.57. The molecule has 162 valence electrons. The van der Waals surface area contributed by atoms with Crippen molar-refractivity contribution in [1.82, 2.24) is 0 Å². The highest BCUT2D eigenvalue weighted by molar-refractivity contribution is 6.91. The zero-order valence-corrected chi connectivity index (χ0v) is 21.6. The van der Waals surface area contributed by atoms with Crippen LogP contribution in [0.4, 0.5) is 0 Å². The van der Waals surface area contributed by atoms with Crippen LogP contribution < -0.4 is 5.19 Å². The van der Waals surface area contributed by atoms with E-state index in [1.54, 1.807) is 0 Å². The summed E-state index contributed by atoms with van der Waals surface area (Å²) in [4.78, 5) is 12.7. The molecule has 1 aromatic rings. The van der Waals surface area contributed by atoms with E-state index in [0.29, 0.717) is 0 Å². The van der Waals surface area contributed by atoms with Crippen molar-refractivity contribution in [3.05, 3.63) is 43.0 Å². The summed E-state index contributed by atoms with van der Waals surface area (Å²) >= 11 is 0. The number of carbonyl (C=O) groups excluding carboxylic acids is 1. The first-order chi connectivity index (χ1) is 13.3. The van der Waals surface area contributed by atoms with Crippen LogP contribution in [0.5, 0.6) is 0 Å². The molecule has 0 saturated carbocycles. The predicted octanol–water partition coefficient (Wildman–Crippen LogP) is 5.89. The van der Waals surface area contributed by atoms with E-state index in [4.69, 9.17) is 9.16 Å². The predicted molar refractivity (Wildman–Crippen MR) is 128 cm³/mol. The van der Waals surface area contributed by atoms with Crippen molar-refractivity contribution >= 4 is 27.5 Å². The van der Waals surface area contributed by atoms with Crippen LogP contribution in [0.15, 0.2) is 43.0 Å². The molecule has 2 rings (SSSR count). The Morgan fingerprint density at radius 3 is 2.28 bits per heavy atom. The summed E-state index contributed by atoms with van der Waals surface area (Å²) < 4.78 is 13.0. The average molecular weight is 433 g/mol. The number of hydrogen-bond acceptors (Lipinski definition) is 3. The molecule has 29 heavy (non-hydrogen) atoms. The Hall–Kier alpha value is -1.18. The van der Waals surface area contributed by atoms with Gasteiger partial charge in [0, 0.05) is 5.54 Å². The summed E-state index contributed by atoms with van der Waals surface area (Å²) in [5, 5.41) is 1.48. The number of cyclic esters (lactones) is 1. The highest BCUT2D eigenvalue weighted by atomic mass is 28.4. The first-order valence-electron chi connectivity index (χ1n) is 10.9. The summed E-state index contributed by atoms with van der Waals surface area (Å²) in [6.07, 6.45) is 3.38. The smallest absolute Gasteiger partial charge is 0.309 e. The van der Waals surface area contributed by atoms with Crippen molar-refractivity contribution in [2.75, 3.05) is 0 Å². The number of benzene rings is 1. The Morgan fingerprint density at radius 2 is 1.76 bits per heavy atom. The molecule has 0 bridgehead atoms. The van der Waals surface area contributed by atoms with Gasteiger partial charge in [0.1, 0.15) is 6.10 Å². The number of allylic oxidation sites excluding steroid dienone is 1. The largest absolute Gasteiger partial charge is 0.459 e. The number of carbonyl (C=O) groups is 1. The molecule has 1 aromatic carbocycles. The van der Waals surface area contributed by atoms with Crippen molar-refractivity contribution in [1.29, 1.82) is 0 Å². The molecule has 0 spiro atoms. The lowest BCUT2D eigenvalue weighted by Gasteiger charge is -2.43. The number of rotatable bonds is 8. The second-order valence-corrected chi connectivity index (χ2v) is 20.0. The van der Waals surface area contributed by atoms with Crippen LogP contribution >= 0.6 is 0 Å². The zero-order valence-electron chi connectivity index (χ0n) is 19.6. The molecular formula is C24H40O3Si2. The number of ether oxygens (including phenoxy) is 1. The lowest BCUT2D eigenvalue weighted by atomic mass is 10.00. The van der Waals surface area contributed by atoms with E-state index >= 15 is 0 Å². The van der Waals surface area contributed by atoms with Crippen molar-refractivity contribution < 1.29 is 14.0 Å². The molecule has 1 saturated heterocycles. The standard InChI is InChI=1S/C24H40O3Si2/c1-10-11-17-20(27-29(8,9)24(3,4)5)21-22(18(2)23(25)26-21)28(6,7)19-15-13-12-14-16-19/h10,12-16,18,20-22H,1,11,17H2,2-9H3/t18-,20-,21+,22-/m1/s1. The number of hydrogen-bond donors (Lipinski definition) is 0. The molecule has 1 aliphatic rings. The van der Waals surface area contributed by atoms with E-state index in [0.717, 1.165) is 12.8 Å². The fourth-order valence-electron chi connectivity index (χ4n) is 4.28. The van der Waals surface area contributed by atoms with Gasteiger partial charge in [-0.15, -0.1) is 6.58 Å². The van der Waals surface area contributed by atoms with Gasteiger partial charge in [-0.05, 0) is 31.0 Å². The summed E-state index contributed by atoms with van der Waals surface area (Å²) in [7, 11) is -3.98. The van der Waals surface area contributed by atoms with Gasteiger partial charge in [-0.25, -0.2) is 0 Å². The fraction of sp³-hybridized carbons (Fsp3) is 0.625. The van der Waals surface area contributed by atoms with E-state index in [1.165, 1.54) is 5.19 Å². The van der Waals surface area contributed by atoms with Crippen molar-refractivity contribution in [3.8, 4) is 0 Å². The SMILES string of the molecule is C=CCC[C@@H](O[Si](C)(C)C(C)(C)C)[C@@H]1OC(=O)[C@H](C)[C@H]1[Si](C)(C)c1ccccc1. The minimum absolute atomic E-state index is 0.0704. The van der Waals surface area contributed by atoms with Crippen LogP contribution in [0.1, 0.15) is 40.5 Å². The van der Waals surface area contributed by atoms with Crippen LogP contribution in [-0.2, 0) is 14.0 Å². The third kappa shape index (κ3) is 5.12. The topological polar surface area (TPSA) is 35.5 Å². The number of esters is 1. The Labute approximate surface area is 180 Å². The van der Waals surface area contributed by atoms with Crippen molar-refractivity contribution in [2.24, 2.45) is 5.92 Å². The maximum absolute atomic E-state index is 12.7. The van der Waals surface area contributed by atoms with Crippen molar-refractivity contribution in [2.45, 2.75) is 89.5 Å². The molecule has 5 heteroatoms. The Bertz CT molecular complexity index is 707. The van der Waals surface area contributed by atoms with Gasteiger partial charge in [-0.2, -0.15) is 0 Å². The molecule has 4 atom stereocenters. The second-order valence-electron chi connectivity index (χ2n) is 10.6. The van der Waals surface area contributed by atoms with Crippen LogP contribution in [0, 0.1) is 5.92 Å². The van der Waals surface area contributed by atoms with Gasteiger partial charge in [0.15, 0.2) is 8.32 Å². The van der Waals surface area contributed by atoms with E-state index in [2.05, 4.69) is 83.9 Å². The summed E-state index contributed by atoms with van der Waals surface area (Å²) in [5.41, 5.74) is 0.192. The molecule has 0 amide bonds. The molecule has 0 aliphatic carbocycles. The maximum Gasteiger partial charge on any atom is 0.309 e. The minimum Gasteiger partial charge on any atom is -0.459 e. The first kappa shape index (κ1) is 24.1. The molecule has 1 heterocycles. The van der Waals surface area contributed by atoms with Gasteiger partial charge in [0.2, 0.25) is 0 Å². The molecule has 0 aromatic heterocycles. The highest BCUT2D eigenvalue weighted by Gasteiger charge is 2.55. The molecule has 0 N–H and O–H groups in total. The summed E-state index contributed by atoms with van der Waals surface area (Å²) in [6.45, 7) is 22.0. The van der Waals surface area contributed by atoms with Gasteiger partial charge in [-0.3, -0.25) is 4.79 Å². The van der Waals surface area contributed by atoms with Crippen molar-refractivity contribution in [3.63, 3.8) is 0 Å². The average Bonchev–Trinajstić information content (AvgIpc) is 2.94. The highest BCUT2D eigenvalue weighted by Crippen LogP contribution is 2.46. The van der Waals surface area contributed by atoms with Gasteiger partial charge >= 0.3 is 5.97 Å². The van der Waals surface area contributed by atoms with E-state index in [-0.39, 0.29) is 34.7 Å². The normalized spacial score (nSPS) is 24.3. The zero-order chi connectivity index (χ0) is 22.0. The van der Waals surface area contributed by atoms with Crippen LogP contribution in [0.2, 0.25) is 36.8 Å². The molecule has 0 radical (unpaired) electrons. The lowest BCUT2D eigenvalue weighted by molar-refractivity contribution is -0.147. The maximum atomic E-state index is 12.7. The van der Waals surface area contributed by atoms with Gasteiger partial charge < -0.3 is 9.16 Å². The second kappa shape index (κ2) is 8.90. The molecule has 0 unspecified atom stereocenters. The third-order valence-electron chi connectivity index (χ3n) is 7.14. The van der Waals surface area contributed by atoms with Gasteiger partial charge in [0.25, 0.3) is 0 Å². The van der Waals surface area contributed by atoms with Crippen LogP contribution in [-0.4, -0.2) is 34.6 Å².